The predicted molar refractivity (Wildman–Crippen MR) is 112 cm³/mol. The van der Waals surface area contributed by atoms with Gasteiger partial charge in [-0.3, -0.25) is 0 Å². The summed E-state index contributed by atoms with van der Waals surface area (Å²) in [4.78, 5) is 27.4. The molecule has 0 radical (unpaired) electrons. The number of carbonyl (C=O) groups excluding carboxylic acids is 1. The first-order valence-corrected chi connectivity index (χ1v) is 11.4. The number of hydrogen-bond donors (Lipinski definition) is 1. The van der Waals surface area contributed by atoms with E-state index in [1.807, 2.05) is 30.5 Å². The van der Waals surface area contributed by atoms with E-state index in [9.17, 15) is 14.9 Å². The second kappa shape index (κ2) is 10.1. The summed E-state index contributed by atoms with van der Waals surface area (Å²) in [5.41, 5.74) is 8.44. The molecule has 0 amide bonds. The zero-order chi connectivity index (χ0) is 20.8. The molecule has 0 spiro atoms. The summed E-state index contributed by atoms with van der Waals surface area (Å²) < 4.78 is 5.30. The molecule has 28 heavy (non-hydrogen) atoms. The van der Waals surface area contributed by atoms with E-state index in [0.717, 1.165) is 4.90 Å². The second-order valence-electron chi connectivity index (χ2n) is 6.13. The molecule has 1 aliphatic heterocycles. The summed E-state index contributed by atoms with van der Waals surface area (Å²) in [6.07, 6.45) is 2.36. The molecule has 7 nitrogen and oxygen atoms in total. The molecule has 2 N–H and O–H groups in total. The van der Waals surface area contributed by atoms with Gasteiger partial charge in [-0.2, -0.15) is 0 Å². The van der Waals surface area contributed by atoms with Gasteiger partial charge in [0.2, 0.25) is 0 Å². The Balaban J connectivity index is 2.82. The average Bonchev–Trinajstić information content (AvgIpc) is 2.67. The van der Waals surface area contributed by atoms with Crippen molar-refractivity contribution in [3.63, 3.8) is 0 Å². The van der Waals surface area contributed by atoms with E-state index in [2.05, 4.69) is 16.0 Å². The molecule has 1 atom stereocenters. The average molecular weight is 470 g/mol. The molecular weight excluding hydrogens is 445 g/mol. The summed E-state index contributed by atoms with van der Waals surface area (Å²) in [5, 5.41) is 12.1. The molecule has 1 aromatic rings. The van der Waals surface area contributed by atoms with E-state index in [0.29, 0.717) is 40.9 Å². The molecule has 1 aliphatic rings. The minimum atomic E-state index is -0.807. The number of carbonyl (C=O) groups is 1. The molecule has 0 fully saturated rings. The van der Waals surface area contributed by atoms with Gasteiger partial charge in [0, 0.05) is 0 Å². The van der Waals surface area contributed by atoms with Crippen LogP contribution in [0.2, 0.25) is 0 Å². The predicted octanol–water partition coefficient (Wildman–Crippen LogP) is 2.34. The zero-order valence-corrected chi connectivity index (χ0v) is 18.9. The van der Waals surface area contributed by atoms with Crippen LogP contribution in [-0.2, 0) is 9.53 Å². The fourth-order valence-electron chi connectivity index (χ4n) is 3.42. The topological polar surface area (TPSA) is 98.7 Å². The minimum absolute atomic E-state index is 0.00636. The Kier molecular flexibility index (Phi) is 8.12. The second-order valence-corrected chi connectivity index (χ2v) is 7.60. The van der Waals surface area contributed by atoms with E-state index < -0.39 is 11.9 Å². The quantitative estimate of drug-likeness (QED) is 0.205. The number of nitrogens with zero attached hydrogens (tertiary/aromatic N) is 2. The number of nitro groups is 1. The van der Waals surface area contributed by atoms with Crippen molar-refractivity contribution in [3.05, 3.63) is 62.6 Å². The van der Waals surface area contributed by atoms with Crippen molar-refractivity contribution < 1.29 is 14.5 Å². The van der Waals surface area contributed by atoms with Gasteiger partial charge in [0.05, 0.1) is 0 Å². The fraction of sp³-hybridized carbons (Fsp3) is 0.421. The first kappa shape index (κ1) is 22.5. The Morgan fingerprint density at radius 2 is 2.18 bits per heavy atom. The maximum absolute atomic E-state index is 13.0. The van der Waals surface area contributed by atoms with Gasteiger partial charge in [0.25, 0.3) is 0 Å². The Labute approximate surface area is 177 Å². The SMILES string of the molecule is CCOC(=O)C1=C(CCN)N(C[SeH])C(C)=C([N+](=O)[O-])C1c1cccc(SC)c1. The van der Waals surface area contributed by atoms with Crippen molar-refractivity contribution in [2.24, 2.45) is 5.73 Å². The summed E-state index contributed by atoms with van der Waals surface area (Å²) in [7, 11) is 0. The van der Waals surface area contributed by atoms with Crippen molar-refractivity contribution in [2.45, 2.75) is 31.1 Å². The summed E-state index contributed by atoms with van der Waals surface area (Å²) in [6.45, 7) is 3.95. The first-order chi connectivity index (χ1) is 13.4. The van der Waals surface area contributed by atoms with Crippen molar-refractivity contribution in [1.29, 1.82) is 0 Å². The number of ether oxygens (including phenoxy) is 1. The van der Waals surface area contributed by atoms with Crippen LogP contribution >= 0.6 is 11.8 Å². The van der Waals surface area contributed by atoms with Crippen molar-refractivity contribution >= 4 is 33.7 Å². The standard InChI is InChI=1S/C19H25N3O4SSe/c1-4-26-19(23)17-15(8-9-20)21(11-28)12(2)18(22(24)25)16(17)13-6-5-7-14(10-13)27-3/h5-7,10,16,28H,4,8-9,11,20H2,1-3H3. The third kappa shape index (κ3) is 4.43. The van der Waals surface area contributed by atoms with Crippen molar-refractivity contribution in [2.75, 3.05) is 24.9 Å². The van der Waals surface area contributed by atoms with E-state index >= 15 is 0 Å². The third-order valence-electron chi connectivity index (χ3n) is 4.62. The summed E-state index contributed by atoms with van der Waals surface area (Å²) in [6, 6.07) is 7.49. The summed E-state index contributed by atoms with van der Waals surface area (Å²) >= 11 is 3.94. The molecule has 1 aromatic carbocycles. The molecule has 152 valence electrons. The zero-order valence-electron chi connectivity index (χ0n) is 16.2. The van der Waals surface area contributed by atoms with Gasteiger partial charge in [-0.1, -0.05) is 0 Å². The number of benzene rings is 1. The van der Waals surface area contributed by atoms with Crippen LogP contribution < -0.4 is 5.73 Å². The molecule has 9 heteroatoms. The van der Waals surface area contributed by atoms with E-state index in [-0.39, 0.29) is 17.2 Å². The number of hydrogen-bond acceptors (Lipinski definition) is 7. The number of nitrogens with two attached hydrogens (primary N) is 1. The van der Waals surface area contributed by atoms with Gasteiger partial charge in [0.15, 0.2) is 0 Å². The number of esters is 1. The molecule has 0 saturated heterocycles. The molecule has 2 rings (SSSR count). The number of rotatable bonds is 8. The van der Waals surface area contributed by atoms with Crippen molar-refractivity contribution in [1.82, 2.24) is 4.90 Å². The Morgan fingerprint density at radius 1 is 1.46 bits per heavy atom. The van der Waals surface area contributed by atoms with Crippen LogP contribution in [0.1, 0.15) is 31.7 Å². The molecule has 0 aliphatic carbocycles. The van der Waals surface area contributed by atoms with E-state index in [1.54, 1.807) is 30.5 Å². The third-order valence-corrected chi connectivity index (χ3v) is 5.93. The van der Waals surface area contributed by atoms with Crippen LogP contribution in [0.4, 0.5) is 0 Å². The van der Waals surface area contributed by atoms with Gasteiger partial charge >= 0.3 is 177 Å². The first-order valence-electron chi connectivity index (χ1n) is 8.88. The maximum atomic E-state index is 13.0. The van der Waals surface area contributed by atoms with Crippen LogP contribution in [0.5, 0.6) is 0 Å². The number of allylic oxidation sites excluding steroid dienone is 2. The molecule has 0 saturated carbocycles. The monoisotopic (exact) mass is 471 g/mol. The van der Waals surface area contributed by atoms with Gasteiger partial charge in [-0.15, -0.1) is 0 Å². The Hall–Kier alpha value is -1.80. The fourth-order valence-corrected chi connectivity index (χ4v) is 4.70. The van der Waals surface area contributed by atoms with Crippen LogP contribution in [0, 0.1) is 10.1 Å². The van der Waals surface area contributed by atoms with Crippen LogP contribution in [0.15, 0.2) is 51.8 Å². The van der Waals surface area contributed by atoms with E-state index in [4.69, 9.17) is 10.5 Å². The molecule has 1 unspecified atom stereocenters. The Morgan fingerprint density at radius 3 is 2.71 bits per heavy atom. The van der Waals surface area contributed by atoms with Gasteiger partial charge < -0.3 is 0 Å². The molecular formula is C19H25N3O4SSe. The van der Waals surface area contributed by atoms with E-state index in [1.165, 1.54) is 0 Å². The molecule has 0 bridgehead atoms. The normalized spacial score (nSPS) is 17.2. The van der Waals surface area contributed by atoms with Crippen LogP contribution in [0.25, 0.3) is 0 Å². The van der Waals surface area contributed by atoms with Gasteiger partial charge in [-0.25, -0.2) is 0 Å². The van der Waals surface area contributed by atoms with Gasteiger partial charge in [-0.05, 0) is 0 Å². The van der Waals surface area contributed by atoms with Crippen LogP contribution in [0.3, 0.4) is 0 Å². The molecule has 0 aromatic heterocycles. The van der Waals surface area contributed by atoms with Gasteiger partial charge in [0.1, 0.15) is 0 Å². The molecule has 1 heterocycles. The van der Waals surface area contributed by atoms with Crippen LogP contribution in [-0.4, -0.2) is 56.7 Å². The number of thioether (sulfide) groups is 1. The summed E-state index contributed by atoms with van der Waals surface area (Å²) in [5.74, 6) is -1.35. The Bertz CT molecular complexity index is 825. The van der Waals surface area contributed by atoms with Crippen molar-refractivity contribution in [3.8, 4) is 0 Å².